The summed E-state index contributed by atoms with van der Waals surface area (Å²) in [5.41, 5.74) is -0.196. The number of anilines is 1. The first-order valence-corrected chi connectivity index (χ1v) is 4.72. The first-order valence-electron chi connectivity index (χ1n) is 3.64. The summed E-state index contributed by atoms with van der Waals surface area (Å²) in [5.74, 6) is -2.83. The van der Waals surface area contributed by atoms with Gasteiger partial charge in [-0.1, -0.05) is 0 Å². The molecule has 1 rings (SSSR count). The molecule has 0 heterocycles. The average Bonchev–Trinajstić information content (AvgIpc) is 2.09. The molecular formula is C8H4F4INO. The van der Waals surface area contributed by atoms with E-state index in [4.69, 9.17) is 0 Å². The summed E-state index contributed by atoms with van der Waals surface area (Å²) in [6, 6.07) is 3.18. The molecule has 15 heavy (non-hydrogen) atoms. The predicted molar refractivity (Wildman–Crippen MR) is 53.8 cm³/mol. The van der Waals surface area contributed by atoms with E-state index >= 15 is 0 Å². The molecule has 0 aliphatic heterocycles. The highest BCUT2D eigenvalue weighted by molar-refractivity contribution is 14.1. The number of hydrogen-bond acceptors (Lipinski definition) is 1. The standard InChI is InChI=1S/C8H4F4INO/c9-4-1-2-5(13)6(3-4)14-7(15)8(10,11)12/h1-3H,(H,14,15). The fraction of sp³-hybridized carbons (Fsp3) is 0.125. The smallest absolute Gasteiger partial charge is 0.317 e. The van der Waals surface area contributed by atoms with Crippen molar-refractivity contribution in [3.05, 3.63) is 27.6 Å². The summed E-state index contributed by atoms with van der Waals surface area (Å²) in [6.45, 7) is 0. The number of nitrogens with one attached hydrogen (secondary N) is 1. The van der Waals surface area contributed by atoms with Crippen molar-refractivity contribution in [2.24, 2.45) is 0 Å². The lowest BCUT2D eigenvalue weighted by atomic mass is 10.3. The molecule has 7 heteroatoms. The SMILES string of the molecule is O=C(Nc1cc(F)ccc1I)C(F)(F)F. The monoisotopic (exact) mass is 333 g/mol. The Balaban J connectivity index is 2.90. The summed E-state index contributed by atoms with van der Waals surface area (Å²) in [7, 11) is 0. The Morgan fingerprint density at radius 1 is 1.33 bits per heavy atom. The Hall–Kier alpha value is -0.860. The van der Waals surface area contributed by atoms with Gasteiger partial charge in [-0.3, -0.25) is 4.79 Å². The molecule has 1 amide bonds. The van der Waals surface area contributed by atoms with Crippen LogP contribution >= 0.6 is 22.6 Å². The number of alkyl halides is 3. The summed E-state index contributed by atoms with van der Waals surface area (Å²) in [5, 5.41) is 1.58. The third-order valence-corrected chi connectivity index (χ3v) is 2.37. The molecule has 0 aliphatic carbocycles. The molecule has 0 bridgehead atoms. The Kier molecular flexibility index (Phi) is 3.53. The highest BCUT2D eigenvalue weighted by atomic mass is 127. The third-order valence-electron chi connectivity index (χ3n) is 1.43. The Labute approximate surface area is 95.8 Å². The van der Waals surface area contributed by atoms with Crippen molar-refractivity contribution in [1.82, 2.24) is 0 Å². The summed E-state index contributed by atoms with van der Waals surface area (Å²) in [6.07, 6.45) is -4.98. The van der Waals surface area contributed by atoms with Crippen molar-refractivity contribution in [2.45, 2.75) is 6.18 Å². The summed E-state index contributed by atoms with van der Waals surface area (Å²) >= 11 is 1.69. The average molecular weight is 333 g/mol. The van der Waals surface area contributed by atoms with Gasteiger partial charge < -0.3 is 5.32 Å². The van der Waals surface area contributed by atoms with E-state index in [1.165, 1.54) is 6.07 Å². The van der Waals surface area contributed by atoms with E-state index in [2.05, 4.69) is 0 Å². The van der Waals surface area contributed by atoms with E-state index in [1.807, 2.05) is 0 Å². The van der Waals surface area contributed by atoms with Gasteiger partial charge in [-0.25, -0.2) is 4.39 Å². The topological polar surface area (TPSA) is 29.1 Å². The van der Waals surface area contributed by atoms with Crippen LogP contribution in [0.4, 0.5) is 23.2 Å². The van der Waals surface area contributed by atoms with E-state index in [-0.39, 0.29) is 5.69 Å². The first kappa shape index (κ1) is 12.2. The minimum absolute atomic E-state index is 0.196. The fourth-order valence-corrected chi connectivity index (χ4v) is 1.26. The van der Waals surface area contributed by atoms with Crippen molar-refractivity contribution < 1.29 is 22.4 Å². The van der Waals surface area contributed by atoms with Crippen molar-refractivity contribution >= 4 is 34.2 Å². The van der Waals surface area contributed by atoms with E-state index in [1.54, 1.807) is 27.9 Å². The maximum absolute atomic E-state index is 12.7. The van der Waals surface area contributed by atoms with Gasteiger partial charge in [-0.05, 0) is 40.8 Å². The van der Waals surface area contributed by atoms with Gasteiger partial charge in [0.15, 0.2) is 0 Å². The van der Waals surface area contributed by atoms with E-state index in [9.17, 15) is 22.4 Å². The Morgan fingerprint density at radius 2 is 1.93 bits per heavy atom. The molecule has 0 aromatic heterocycles. The maximum atomic E-state index is 12.7. The predicted octanol–water partition coefficient (Wildman–Crippen LogP) is 2.93. The van der Waals surface area contributed by atoms with E-state index in [0.29, 0.717) is 3.57 Å². The second-order valence-electron chi connectivity index (χ2n) is 2.58. The molecular weight excluding hydrogens is 329 g/mol. The molecule has 0 unspecified atom stereocenters. The largest absolute Gasteiger partial charge is 0.471 e. The van der Waals surface area contributed by atoms with Crippen LogP contribution in [0, 0.1) is 9.39 Å². The van der Waals surface area contributed by atoms with Crippen LogP contribution in [0.25, 0.3) is 0 Å². The van der Waals surface area contributed by atoms with Crippen LogP contribution in [-0.2, 0) is 4.79 Å². The lowest BCUT2D eigenvalue weighted by molar-refractivity contribution is -0.167. The molecule has 0 saturated heterocycles. The number of benzene rings is 1. The molecule has 82 valence electrons. The molecule has 0 aliphatic rings. The van der Waals surface area contributed by atoms with Crippen molar-refractivity contribution in [2.75, 3.05) is 5.32 Å². The molecule has 2 nitrogen and oxygen atoms in total. The molecule has 0 spiro atoms. The minimum Gasteiger partial charge on any atom is -0.317 e. The number of carbonyl (C=O) groups excluding carboxylic acids is 1. The molecule has 0 radical (unpaired) electrons. The zero-order valence-electron chi connectivity index (χ0n) is 7.03. The Morgan fingerprint density at radius 3 is 2.47 bits per heavy atom. The van der Waals surface area contributed by atoms with Crippen molar-refractivity contribution in [1.29, 1.82) is 0 Å². The van der Waals surface area contributed by atoms with Crippen LogP contribution in [-0.4, -0.2) is 12.1 Å². The molecule has 1 aromatic carbocycles. The minimum atomic E-state index is -4.98. The number of amides is 1. The quantitative estimate of drug-likeness (QED) is 0.621. The van der Waals surface area contributed by atoms with E-state index < -0.39 is 17.9 Å². The van der Waals surface area contributed by atoms with Gasteiger partial charge >= 0.3 is 12.1 Å². The van der Waals surface area contributed by atoms with Crippen LogP contribution in [0.5, 0.6) is 0 Å². The molecule has 0 fully saturated rings. The van der Waals surface area contributed by atoms with Gasteiger partial charge in [0.2, 0.25) is 0 Å². The summed E-state index contributed by atoms with van der Waals surface area (Å²) < 4.78 is 48.6. The highest BCUT2D eigenvalue weighted by Crippen LogP contribution is 2.22. The molecule has 1 N–H and O–H groups in total. The van der Waals surface area contributed by atoms with Crippen LogP contribution in [0.15, 0.2) is 18.2 Å². The highest BCUT2D eigenvalue weighted by Gasteiger charge is 2.38. The third kappa shape index (κ3) is 3.33. The van der Waals surface area contributed by atoms with Crippen LogP contribution in [0.2, 0.25) is 0 Å². The van der Waals surface area contributed by atoms with Gasteiger partial charge in [0.05, 0.1) is 5.69 Å². The normalized spacial score (nSPS) is 11.3. The number of carbonyl (C=O) groups is 1. The second kappa shape index (κ2) is 4.33. The second-order valence-corrected chi connectivity index (χ2v) is 3.74. The molecule has 0 atom stereocenters. The van der Waals surface area contributed by atoms with E-state index in [0.717, 1.165) is 12.1 Å². The Bertz CT molecular complexity index is 391. The first-order chi connectivity index (χ1) is 6.80. The van der Waals surface area contributed by atoms with Crippen LogP contribution in [0.3, 0.4) is 0 Å². The van der Waals surface area contributed by atoms with Gasteiger partial charge in [-0.15, -0.1) is 0 Å². The molecule has 1 aromatic rings. The lowest BCUT2D eigenvalue weighted by Gasteiger charge is -2.09. The number of halogens is 5. The zero-order chi connectivity index (χ0) is 11.6. The van der Waals surface area contributed by atoms with Gasteiger partial charge in [0.25, 0.3) is 0 Å². The fourth-order valence-electron chi connectivity index (χ4n) is 0.786. The number of hydrogen-bond donors (Lipinski definition) is 1. The zero-order valence-corrected chi connectivity index (χ0v) is 9.19. The van der Waals surface area contributed by atoms with Crippen molar-refractivity contribution in [3.63, 3.8) is 0 Å². The maximum Gasteiger partial charge on any atom is 0.471 e. The van der Waals surface area contributed by atoms with Crippen molar-refractivity contribution in [3.8, 4) is 0 Å². The summed E-state index contributed by atoms with van der Waals surface area (Å²) in [4.78, 5) is 10.5. The van der Waals surface area contributed by atoms with Gasteiger partial charge in [0, 0.05) is 3.57 Å². The molecule has 0 saturated carbocycles. The number of rotatable bonds is 1. The lowest BCUT2D eigenvalue weighted by Crippen LogP contribution is -2.30. The van der Waals surface area contributed by atoms with Crippen LogP contribution in [0.1, 0.15) is 0 Å². The van der Waals surface area contributed by atoms with Gasteiger partial charge in [-0.2, -0.15) is 13.2 Å². The van der Waals surface area contributed by atoms with Crippen LogP contribution < -0.4 is 5.32 Å². The van der Waals surface area contributed by atoms with Gasteiger partial charge in [0.1, 0.15) is 5.82 Å².